The van der Waals surface area contributed by atoms with Gasteiger partial charge in [0.1, 0.15) is 0 Å². The zero-order chi connectivity index (χ0) is 22.4. The van der Waals surface area contributed by atoms with Crippen LogP contribution in [-0.2, 0) is 29.1 Å². The van der Waals surface area contributed by atoms with Crippen LogP contribution in [0.4, 0.5) is 0 Å². The summed E-state index contributed by atoms with van der Waals surface area (Å²) in [5, 5.41) is 4.61. The molecule has 0 atom stereocenters. The number of nitrogens with one attached hydrogen (secondary N) is 3. The molecule has 0 saturated carbocycles. The Morgan fingerprint density at radius 2 is 1.38 bits per heavy atom. The fourth-order valence-corrected chi connectivity index (χ4v) is 4.39. The van der Waals surface area contributed by atoms with Crippen LogP contribution in [0, 0.1) is 34.6 Å². The van der Waals surface area contributed by atoms with E-state index in [2.05, 4.69) is 15.4 Å². The minimum atomic E-state index is -3.81. The van der Waals surface area contributed by atoms with Crippen molar-refractivity contribution in [2.45, 2.75) is 45.9 Å². The highest BCUT2D eigenvalue weighted by molar-refractivity contribution is 7.89. The third-order valence-electron chi connectivity index (χ3n) is 4.91. The second-order valence-corrected chi connectivity index (χ2v) is 8.42. The number of carbonyl (C=O) groups is 3. The van der Waals surface area contributed by atoms with E-state index in [1.807, 2.05) is 20.8 Å². The first kappa shape index (κ1) is 24.6. The number of ether oxygens (including phenoxy) is 1. The highest BCUT2D eigenvalue weighted by Gasteiger charge is 2.23. The van der Waals surface area contributed by atoms with Crippen LogP contribution in [0.25, 0.3) is 0 Å². The van der Waals surface area contributed by atoms with E-state index < -0.39 is 28.5 Å². The third-order valence-corrected chi connectivity index (χ3v) is 6.64. The monoisotopic (exact) mass is 427 g/mol. The van der Waals surface area contributed by atoms with Gasteiger partial charge in [0, 0.05) is 13.6 Å². The molecule has 9 nitrogen and oxygen atoms in total. The molecule has 1 aromatic carbocycles. The fourth-order valence-electron chi connectivity index (χ4n) is 2.76. The molecule has 1 rings (SSSR count). The Morgan fingerprint density at radius 1 is 0.862 bits per heavy atom. The van der Waals surface area contributed by atoms with Crippen molar-refractivity contribution < 1.29 is 27.5 Å². The minimum absolute atomic E-state index is 0.161. The number of amides is 2. The number of likely N-dealkylation sites (N-methyl/N-ethyl adjacent to an activating group) is 1. The molecule has 0 aliphatic rings. The highest BCUT2D eigenvalue weighted by atomic mass is 32.2. The average Bonchev–Trinajstić information content (AvgIpc) is 2.67. The van der Waals surface area contributed by atoms with Crippen molar-refractivity contribution in [2.75, 3.05) is 26.7 Å². The van der Waals surface area contributed by atoms with Gasteiger partial charge in [0.25, 0.3) is 5.91 Å². The zero-order valence-electron chi connectivity index (χ0n) is 17.7. The Hall–Kier alpha value is -2.46. The molecule has 0 saturated heterocycles. The minimum Gasteiger partial charge on any atom is -0.456 e. The SMILES string of the molecule is CNC(=O)CNC(=O)COC(=O)CCNS(=O)(=O)c1c(C)c(C)c(C)c(C)c1C. The number of esters is 1. The summed E-state index contributed by atoms with van der Waals surface area (Å²) in [4.78, 5) is 34.4. The lowest BCUT2D eigenvalue weighted by Gasteiger charge is -2.19. The molecule has 0 spiro atoms. The van der Waals surface area contributed by atoms with E-state index in [-0.39, 0.29) is 30.3 Å². The normalized spacial score (nSPS) is 11.1. The van der Waals surface area contributed by atoms with Gasteiger partial charge in [-0.1, -0.05) is 0 Å². The number of rotatable bonds is 9. The summed E-state index contributed by atoms with van der Waals surface area (Å²) in [7, 11) is -2.38. The van der Waals surface area contributed by atoms with Crippen LogP contribution in [0.5, 0.6) is 0 Å². The fraction of sp³-hybridized carbons (Fsp3) is 0.526. The molecule has 0 unspecified atom stereocenters. The Balaban J connectivity index is 2.63. The van der Waals surface area contributed by atoms with Gasteiger partial charge in [0.05, 0.1) is 17.9 Å². The number of carbonyl (C=O) groups excluding carboxylic acids is 3. The molecule has 3 N–H and O–H groups in total. The number of hydrogen-bond acceptors (Lipinski definition) is 6. The largest absolute Gasteiger partial charge is 0.456 e. The standard InChI is InChI=1S/C19H29N3O6S/c1-11-12(2)14(4)19(15(5)13(11)3)29(26,27)22-8-7-18(25)28-10-17(24)21-9-16(23)20-6/h22H,7-10H2,1-6H3,(H,20,23)(H,21,24). The van der Waals surface area contributed by atoms with E-state index in [0.29, 0.717) is 11.1 Å². The van der Waals surface area contributed by atoms with Gasteiger partial charge in [0.2, 0.25) is 15.9 Å². The van der Waals surface area contributed by atoms with Gasteiger partial charge in [-0.3, -0.25) is 14.4 Å². The summed E-state index contributed by atoms with van der Waals surface area (Å²) in [5.74, 6) is -1.74. The second-order valence-electron chi connectivity index (χ2n) is 6.71. The van der Waals surface area contributed by atoms with Gasteiger partial charge in [-0.25, -0.2) is 13.1 Å². The topological polar surface area (TPSA) is 131 Å². The smallest absolute Gasteiger partial charge is 0.307 e. The Morgan fingerprint density at radius 3 is 1.90 bits per heavy atom. The van der Waals surface area contributed by atoms with E-state index in [0.717, 1.165) is 16.7 Å². The summed E-state index contributed by atoms with van der Waals surface area (Å²) in [6, 6.07) is 0. The Labute approximate surface area is 171 Å². The molecule has 0 aromatic heterocycles. The predicted molar refractivity (Wildman–Crippen MR) is 108 cm³/mol. The first-order valence-corrected chi connectivity index (χ1v) is 10.6. The molecule has 162 valence electrons. The maximum atomic E-state index is 12.7. The van der Waals surface area contributed by atoms with E-state index in [9.17, 15) is 22.8 Å². The molecule has 0 aliphatic carbocycles. The molecule has 0 aliphatic heterocycles. The molecule has 0 bridgehead atoms. The lowest BCUT2D eigenvalue weighted by atomic mass is 9.95. The van der Waals surface area contributed by atoms with Crippen LogP contribution >= 0.6 is 0 Å². The van der Waals surface area contributed by atoms with Crippen LogP contribution < -0.4 is 15.4 Å². The van der Waals surface area contributed by atoms with E-state index in [1.165, 1.54) is 7.05 Å². The maximum Gasteiger partial charge on any atom is 0.307 e. The van der Waals surface area contributed by atoms with Crippen LogP contribution in [0.3, 0.4) is 0 Å². The summed E-state index contributed by atoms with van der Waals surface area (Å²) in [6.45, 7) is 8.30. The lowest BCUT2D eigenvalue weighted by Crippen LogP contribution is -2.37. The Kier molecular flexibility index (Phi) is 8.78. The van der Waals surface area contributed by atoms with Crippen LogP contribution in [0.15, 0.2) is 4.90 Å². The molecular formula is C19H29N3O6S. The average molecular weight is 428 g/mol. The second kappa shape index (κ2) is 10.4. The number of hydrogen-bond donors (Lipinski definition) is 3. The highest BCUT2D eigenvalue weighted by Crippen LogP contribution is 2.29. The molecular weight excluding hydrogens is 398 g/mol. The van der Waals surface area contributed by atoms with E-state index in [4.69, 9.17) is 4.74 Å². The van der Waals surface area contributed by atoms with Gasteiger partial charge in [-0.2, -0.15) is 0 Å². The summed E-state index contributed by atoms with van der Waals surface area (Å²) < 4.78 is 32.7. The molecule has 0 fully saturated rings. The van der Waals surface area contributed by atoms with Crippen LogP contribution in [0.1, 0.15) is 34.2 Å². The quantitative estimate of drug-likeness (QED) is 0.486. The van der Waals surface area contributed by atoms with Gasteiger partial charge >= 0.3 is 5.97 Å². The van der Waals surface area contributed by atoms with Gasteiger partial charge < -0.3 is 15.4 Å². The molecule has 1 aromatic rings. The molecule has 29 heavy (non-hydrogen) atoms. The van der Waals surface area contributed by atoms with Crippen molar-refractivity contribution in [3.8, 4) is 0 Å². The van der Waals surface area contributed by atoms with Crippen LogP contribution in [0.2, 0.25) is 0 Å². The van der Waals surface area contributed by atoms with Gasteiger partial charge in [0.15, 0.2) is 6.61 Å². The molecule has 2 amide bonds. The molecule has 0 radical (unpaired) electrons. The maximum absolute atomic E-state index is 12.7. The van der Waals surface area contributed by atoms with Crippen molar-refractivity contribution in [2.24, 2.45) is 0 Å². The van der Waals surface area contributed by atoms with Crippen molar-refractivity contribution in [3.63, 3.8) is 0 Å². The Bertz CT molecular complexity index is 880. The predicted octanol–water partition coefficient (Wildman–Crippen LogP) is 0.303. The third kappa shape index (κ3) is 6.53. The van der Waals surface area contributed by atoms with Gasteiger partial charge in [-0.15, -0.1) is 0 Å². The molecule has 0 heterocycles. The first-order valence-electron chi connectivity index (χ1n) is 9.11. The lowest BCUT2D eigenvalue weighted by molar-refractivity contribution is -0.148. The molecule has 10 heteroatoms. The van der Waals surface area contributed by atoms with Crippen molar-refractivity contribution in [1.82, 2.24) is 15.4 Å². The summed E-state index contributed by atoms with van der Waals surface area (Å²) in [6.07, 6.45) is -0.232. The van der Waals surface area contributed by atoms with E-state index in [1.54, 1.807) is 13.8 Å². The van der Waals surface area contributed by atoms with Gasteiger partial charge in [-0.05, 0) is 62.4 Å². The van der Waals surface area contributed by atoms with Crippen molar-refractivity contribution >= 4 is 27.8 Å². The first-order chi connectivity index (χ1) is 13.4. The summed E-state index contributed by atoms with van der Waals surface area (Å²) in [5.41, 5.74) is 4.23. The van der Waals surface area contributed by atoms with E-state index >= 15 is 0 Å². The van der Waals surface area contributed by atoms with Crippen molar-refractivity contribution in [1.29, 1.82) is 0 Å². The van der Waals surface area contributed by atoms with Crippen molar-refractivity contribution in [3.05, 3.63) is 27.8 Å². The summed E-state index contributed by atoms with van der Waals surface area (Å²) >= 11 is 0. The van der Waals surface area contributed by atoms with Crippen LogP contribution in [-0.4, -0.2) is 52.9 Å². The number of sulfonamides is 1. The zero-order valence-corrected chi connectivity index (χ0v) is 18.5. The number of benzene rings is 1.